The zero-order valence-electron chi connectivity index (χ0n) is 45.1. The van der Waals surface area contributed by atoms with Crippen LogP contribution in [0.2, 0.25) is 0 Å². The lowest BCUT2D eigenvalue weighted by Crippen LogP contribution is -2.59. The van der Waals surface area contributed by atoms with Gasteiger partial charge in [0.05, 0.1) is 35.6 Å². The van der Waals surface area contributed by atoms with Gasteiger partial charge >= 0.3 is 12.1 Å². The summed E-state index contributed by atoms with van der Waals surface area (Å²) in [4.78, 5) is 118. The van der Waals surface area contributed by atoms with E-state index in [0.717, 1.165) is 6.42 Å². The number of nitrogens with zero attached hydrogens (tertiary/aromatic N) is 4. The van der Waals surface area contributed by atoms with Crippen molar-refractivity contribution < 1.29 is 57.8 Å². The van der Waals surface area contributed by atoms with Crippen LogP contribution in [0.25, 0.3) is 0 Å². The zero-order valence-corrected chi connectivity index (χ0v) is 45.1. The highest BCUT2D eigenvalue weighted by Crippen LogP contribution is 2.36. The van der Waals surface area contributed by atoms with Gasteiger partial charge in [0.1, 0.15) is 18.2 Å². The lowest BCUT2D eigenvalue weighted by molar-refractivity contribution is -0.205. The summed E-state index contributed by atoms with van der Waals surface area (Å²) >= 11 is 0. The van der Waals surface area contributed by atoms with Crippen molar-refractivity contribution in [2.45, 2.75) is 182 Å². The summed E-state index contributed by atoms with van der Waals surface area (Å²) in [6.07, 6.45) is 3.95. The highest BCUT2D eigenvalue weighted by atomic mass is 16.7. The molecule has 2 fully saturated rings. The first-order valence-corrected chi connectivity index (χ1v) is 26.0. The van der Waals surface area contributed by atoms with E-state index < -0.39 is 89.5 Å². The van der Waals surface area contributed by atoms with Gasteiger partial charge in [-0.1, -0.05) is 98.2 Å². The fourth-order valence-corrected chi connectivity index (χ4v) is 10.6. The van der Waals surface area contributed by atoms with Crippen LogP contribution >= 0.6 is 0 Å². The molecule has 2 heterocycles. The van der Waals surface area contributed by atoms with Gasteiger partial charge in [-0.2, -0.15) is 0 Å². The summed E-state index contributed by atoms with van der Waals surface area (Å²) < 4.78 is 11.9. The van der Waals surface area contributed by atoms with Gasteiger partial charge in [-0.3, -0.25) is 33.7 Å². The van der Waals surface area contributed by atoms with E-state index in [1.54, 1.807) is 78.0 Å². The van der Waals surface area contributed by atoms with E-state index in [0.29, 0.717) is 42.9 Å². The van der Waals surface area contributed by atoms with Crippen molar-refractivity contribution in [2.75, 3.05) is 27.7 Å². The van der Waals surface area contributed by atoms with Crippen LogP contribution in [0.5, 0.6) is 0 Å². The first kappa shape index (κ1) is 59.2. The number of benzene rings is 1. The van der Waals surface area contributed by atoms with Crippen molar-refractivity contribution in [2.24, 2.45) is 35.0 Å². The number of amides is 7. The van der Waals surface area contributed by atoms with Gasteiger partial charge in [0, 0.05) is 53.1 Å². The van der Waals surface area contributed by atoms with Gasteiger partial charge in [0.2, 0.25) is 23.6 Å². The molecule has 18 heteroatoms. The maximum absolute atomic E-state index is 14.7. The smallest absolute Gasteiger partial charge is 0.410 e. The monoisotopic (exact) mass is 1010 g/mol. The van der Waals surface area contributed by atoms with E-state index in [2.05, 4.69) is 10.6 Å². The molecule has 402 valence electrons. The summed E-state index contributed by atoms with van der Waals surface area (Å²) in [5, 5.41) is 17.4. The Morgan fingerprint density at radius 1 is 0.847 bits per heavy atom. The third kappa shape index (κ3) is 14.7. The molecule has 2 aliphatic heterocycles. The second kappa shape index (κ2) is 26.5. The second-order valence-corrected chi connectivity index (χ2v) is 21.4. The van der Waals surface area contributed by atoms with Crippen LogP contribution < -0.4 is 10.6 Å². The molecule has 18 nitrogen and oxygen atoms in total. The Morgan fingerprint density at radius 2 is 1.49 bits per heavy atom. The molecule has 7 amide bonds. The molecule has 0 unspecified atom stereocenters. The van der Waals surface area contributed by atoms with Crippen molar-refractivity contribution in [3.63, 3.8) is 0 Å². The Bertz CT molecular complexity index is 2070. The Kier molecular flexibility index (Phi) is 21.8. The van der Waals surface area contributed by atoms with Crippen molar-refractivity contribution >= 4 is 47.5 Å². The van der Waals surface area contributed by atoms with Crippen molar-refractivity contribution in [1.29, 1.82) is 0 Å². The second-order valence-electron chi connectivity index (χ2n) is 21.4. The molecule has 1 aromatic rings. The van der Waals surface area contributed by atoms with Crippen molar-refractivity contribution in [3.05, 3.63) is 48.0 Å². The molecule has 1 aliphatic carbocycles. The van der Waals surface area contributed by atoms with Crippen LogP contribution in [0.3, 0.4) is 0 Å². The molecule has 0 radical (unpaired) electrons. The average Bonchev–Trinajstić information content (AvgIpc) is 3.95. The zero-order chi connectivity index (χ0) is 53.8. The number of likely N-dealkylation sites (tertiary alicyclic amines) is 1. The normalized spacial score (nSPS) is 23.6. The van der Waals surface area contributed by atoms with Gasteiger partial charge in [-0.15, -0.1) is 5.06 Å². The quantitative estimate of drug-likeness (QED) is 0.0885. The third-order valence-electron chi connectivity index (χ3n) is 15.2. The van der Waals surface area contributed by atoms with E-state index >= 15 is 0 Å². The predicted octanol–water partition coefficient (Wildman–Crippen LogP) is 6.11. The number of allylic oxidation sites excluding steroid dienone is 1. The molecule has 3 aliphatic rings. The summed E-state index contributed by atoms with van der Waals surface area (Å²) in [6.45, 7) is 19.0. The molecule has 2 saturated heterocycles. The Labute approximate surface area is 427 Å². The fourth-order valence-electron chi connectivity index (χ4n) is 10.6. The van der Waals surface area contributed by atoms with Crippen LogP contribution in [-0.2, 0) is 47.9 Å². The summed E-state index contributed by atoms with van der Waals surface area (Å²) in [7, 11) is 4.72. The van der Waals surface area contributed by atoms with Gasteiger partial charge in [-0.05, 0) is 87.7 Å². The molecular formula is C54H84N6O12. The van der Waals surface area contributed by atoms with E-state index in [9.17, 15) is 43.5 Å². The van der Waals surface area contributed by atoms with Crippen LogP contribution in [-0.4, -0.2) is 143 Å². The fraction of sp³-hybridized carbons (Fsp3) is 0.704. The topological polar surface area (TPSA) is 221 Å². The molecule has 0 aromatic heterocycles. The Hall–Kier alpha value is -5.36. The SMILES string of the molecule is CC[C@H](C)[C@@H]([C@H](C)CC(=O)N1CCC[C@H]1[C@H](OC)[C@@H](C)C(=O)N[C@H](C)[C@@H](O)c1ccccc1)N(C)C(=O)[C@@H](NC(=O)[C@H](C(C)C)N(C)C(=O)O[C@H]1/C=C/CC[C@@](C)(C(=O)ON2C(=O)CCC2=O)CC1)C(C)C. The van der Waals surface area contributed by atoms with Gasteiger partial charge in [0.25, 0.3) is 11.8 Å². The maximum atomic E-state index is 14.7. The van der Waals surface area contributed by atoms with Crippen molar-refractivity contribution in [3.8, 4) is 0 Å². The maximum Gasteiger partial charge on any atom is 0.410 e. The number of carbonyl (C=O) groups excluding carboxylic acids is 8. The minimum atomic E-state index is -1.07. The number of hydrogen-bond acceptors (Lipinski definition) is 12. The molecule has 4 rings (SSSR count). The molecule has 1 aromatic carbocycles. The van der Waals surface area contributed by atoms with E-state index in [4.69, 9.17) is 14.3 Å². The number of ether oxygens (including phenoxy) is 2. The minimum Gasteiger partial charge on any atom is -0.442 e. The van der Waals surface area contributed by atoms with E-state index in [1.165, 1.54) is 11.9 Å². The number of nitrogens with one attached hydrogen (secondary N) is 2. The minimum absolute atomic E-state index is 0.0212. The molecular weight excluding hydrogens is 925 g/mol. The Balaban J connectivity index is 1.41. The number of aliphatic hydroxyl groups is 1. The number of aliphatic hydroxyl groups excluding tert-OH is 1. The Morgan fingerprint density at radius 3 is 2.07 bits per heavy atom. The third-order valence-corrected chi connectivity index (χ3v) is 15.2. The standard InChI is InChI=1S/C54H84N6O12/c1-14-34(6)46(35(7)31-43(63)59-30-20-24-40(59)48(70-13)36(8)49(65)55-37(9)47(64)38-21-16-15-17-22-38)57(11)51(67)44(32(2)3)56-50(66)45(33(4)5)58(12)53(69)71-39-23-18-19-28-54(10,29-27-39)52(68)72-60-41(61)25-26-42(60)62/h15-18,21-23,32-37,39-40,44-48,64H,14,19-20,24-31H2,1-13H3,(H,55,65)(H,56,66)/b23-18+/t34-,35+,36+,37+,39-,40-,44-,45-,46-,47+,48+,54+/m0/s1. The van der Waals surface area contributed by atoms with E-state index in [-0.39, 0.29) is 73.6 Å². The number of likely N-dealkylation sites (N-methyl/N-ethyl adjacent to an activating group) is 2. The number of methoxy groups -OCH3 is 1. The first-order chi connectivity index (χ1) is 33.9. The number of imide groups is 1. The number of carbonyl (C=O) groups is 8. The molecule has 3 N–H and O–H groups in total. The van der Waals surface area contributed by atoms with Gasteiger partial charge in [-0.25, -0.2) is 9.59 Å². The summed E-state index contributed by atoms with van der Waals surface area (Å²) in [6, 6.07) is 5.78. The summed E-state index contributed by atoms with van der Waals surface area (Å²) in [5.74, 6) is -4.85. The molecule has 72 heavy (non-hydrogen) atoms. The summed E-state index contributed by atoms with van der Waals surface area (Å²) in [5.41, 5.74) is -0.384. The largest absolute Gasteiger partial charge is 0.442 e. The van der Waals surface area contributed by atoms with Gasteiger partial charge < -0.3 is 39.9 Å². The molecule has 0 saturated carbocycles. The molecule has 0 bridgehead atoms. The van der Waals surface area contributed by atoms with Crippen LogP contribution in [0.15, 0.2) is 42.5 Å². The lowest BCUT2D eigenvalue weighted by atomic mass is 9.79. The van der Waals surface area contributed by atoms with E-state index in [1.807, 2.05) is 57.7 Å². The van der Waals surface area contributed by atoms with Gasteiger partial charge in [0.15, 0.2) is 0 Å². The predicted molar refractivity (Wildman–Crippen MR) is 270 cm³/mol. The first-order valence-electron chi connectivity index (χ1n) is 26.0. The number of hydrogen-bond donors (Lipinski definition) is 3. The van der Waals surface area contributed by atoms with Crippen LogP contribution in [0.1, 0.15) is 145 Å². The molecule has 0 spiro atoms. The highest BCUT2D eigenvalue weighted by Gasteiger charge is 2.44. The van der Waals surface area contributed by atoms with Crippen molar-refractivity contribution in [1.82, 2.24) is 30.4 Å². The lowest BCUT2D eigenvalue weighted by Gasteiger charge is -2.41. The van der Waals surface area contributed by atoms with Crippen LogP contribution in [0, 0.1) is 35.0 Å². The number of rotatable bonds is 22. The average molecular weight is 1010 g/mol. The van der Waals surface area contributed by atoms with Crippen LogP contribution in [0.4, 0.5) is 4.79 Å². The number of hydroxylamine groups is 2. The molecule has 12 atom stereocenters. The highest BCUT2D eigenvalue weighted by molar-refractivity contribution is 6.01.